The minimum atomic E-state index is 0.509. The summed E-state index contributed by atoms with van der Waals surface area (Å²) in [7, 11) is 0. The zero-order chi connectivity index (χ0) is 13.2. The number of aryl methyl sites for hydroxylation is 1. The summed E-state index contributed by atoms with van der Waals surface area (Å²) in [5.41, 5.74) is 8.60. The lowest BCUT2D eigenvalue weighted by molar-refractivity contribution is 0.974. The maximum atomic E-state index is 5.58. The number of hydrogen-bond donors (Lipinski definition) is 1. The van der Waals surface area contributed by atoms with Crippen molar-refractivity contribution in [1.82, 2.24) is 24.7 Å². The molecule has 94 valence electrons. The van der Waals surface area contributed by atoms with Gasteiger partial charge in [-0.3, -0.25) is 4.57 Å². The van der Waals surface area contributed by atoms with E-state index in [-0.39, 0.29) is 0 Å². The van der Waals surface area contributed by atoms with E-state index in [1.165, 1.54) is 0 Å². The molecule has 0 atom stereocenters. The highest BCUT2D eigenvalue weighted by Crippen LogP contribution is 2.21. The van der Waals surface area contributed by atoms with Crippen molar-refractivity contribution in [1.29, 1.82) is 0 Å². The third-order valence-electron chi connectivity index (χ3n) is 2.83. The predicted octanol–water partition coefficient (Wildman–Crippen LogP) is 1.61. The van der Waals surface area contributed by atoms with E-state index in [1.54, 1.807) is 35.7 Å². The Bertz CT molecular complexity index is 688. The Morgan fingerprint density at radius 2 is 1.74 bits per heavy atom. The highest BCUT2D eigenvalue weighted by molar-refractivity contribution is 5.64. The van der Waals surface area contributed by atoms with Crippen molar-refractivity contribution in [3.63, 3.8) is 0 Å². The Morgan fingerprint density at radius 3 is 2.37 bits per heavy atom. The van der Waals surface area contributed by atoms with E-state index in [0.29, 0.717) is 5.82 Å². The smallest absolute Gasteiger partial charge is 0.142 e. The zero-order valence-corrected chi connectivity index (χ0v) is 10.4. The van der Waals surface area contributed by atoms with Gasteiger partial charge in [0.25, 0.3) is 0 Å². The van der Waals surface area contributed by atoms with E-state index in [1.807, 2.05) is 13.0 Å². The molecule has 0 saturated heterocycles. The molecule has 0 spiro atoms. The van der Waals surface area contributed by atoms with Gasteiger partial charge in [0.05, 0.1) is 0 Å². The second-order valence-corrected chi connectivity index (χ2v) is 4.21. The molecule has 3 heterocycles. The Balaban J connectivity index is 2.02. The van der Waals surface area contributed by atoms with Crippen LogP contribution in [0.1, 0.15) is 5.56 Å². The highest BCUT2D eigenvalue weighted by Gasteiger charge is 2.06. The molecular weight excluding hydrogens is 240 g/mol. The summed E-state index contributed by atoms with van der Waals surface area (Å²) in [6.07, 6.45) is 6.79. The average molecular weight is 252 g/mol. The van der Waals surface area contributed by atoms with Crippen LogP contribution in [0.5, 0.6) is 0 Å². The van der Waals surface area contributed by atoms with E-state index < -0.39 is 0 Å². The Kier molecular flexibility index (Phi) is 2.68. The topological polar surface area (TPSA) is 82.5 Å². The van der Waals surface area contributed by atoms with Gasteiger partial charge < -0.3 is 5.73 Å². The average Bonchev–Trinajstić information content (AvgIpc) is 2.93. The fraction of sp³-hybridized carbons (Fsp3) is 0.0769. The van der Waals surface area contributed by atoms with Crippen molar-refractivity contribution in [2.75, 3.05) is 5.73 Å². The van der Waals surface area contributed by atoms with Gasteiger partial charge in [-0.25, -0.2) is 9.97 Å². The molecule has 3 rings (SSSR count). The van der Waals surface area contributed by atoms with Gasteiger partial charge in [-0.2, -0.15) is 0 Å². The maximum Gasteiger partial charge on any atom is 0.142 e. The van der Waals surface area contributed by atoms with Gasteiger partial charge in [-0.05, 0) is 30.7 Å². The standard InChI is InChI=1S/C13H12N6/c1-9-4-11(10-2-3-12(14)15-5-10)6-16-13(9)19-7-17-18-8-19/h2-8H,1H3,(H2,14,15). The van der Waals surface area contributed by atoms with Crippen molar-refractivity contribution < 1.29 is 0 Å². The number of hydrogen-bond acceptors (Lipinski definition) is 5. The van der Waals surface area contributed by atoms with Crippen LogP contribution in [-0.2, 0) is 0 Å². The molecular formula is C13H12N6. The first-order valence-corrected chi connectivity index (χ1v) is 5.77. The maximum absolute atomic E-state index is 5.58. The molecule has 0 amide bonds. The summed E-state index contributed by atoms with van der Waals surface area (Å²) in [4.78, 5) is 8.53. The van der Waals surface area contributed by atoms with Crippen LogP contribution in [0.4, 0.5) is 5.82 Å². The van der Waals surface area contributed by atoms with Crippen LogP contribution in [0.3, 0.4) is 0 Å². The van der Waals surface area contributed by atoms with Crippen molar-refractivity contribution in [2.24, 2.45) is 0 Å². The van der Waals surface area contributed by atoms with Crippen molar-refractivity contribution >= 4 is 5.82 Å². The molecule has 3 aromatic rings. The second kappa shape index (κ2) is 4.49. The number of rotatable bonds is 2. The largest absolute Gasteiger partial charge is 0.384 e. The summed E-state index contributed by atoms with van der Waals surface area (Å²) in [5.74, 6) is 1.33. The summed E-state index contributed by atoms with van der Waals surface area (Å²) in [5, 5.41) is 7.56. The minimum absolute atomic E-state index is 0.509. The van der Waals surface area contributed by atoms with E-state index in [0.717, 1.165) is 22.5 Å². The molecule has 0 aromatic carbocycles. The molecule has 6 heteroatoms. The number of pyridine rings is 2. The first-order chi connectivity index (χ1) is 9.24. The molecule has 2 N–H and O–H groups in total. The van der Waals surface area contributed by atoms with Gasteiger partial charge in [0.2, 0.25) is 0 Å². The molecule has 0 radical (unpaired) electrons. The predicted molar refractivity (Wildman–Crippen MR) is 71.5 cm³/mol. The molecule has 0 fully saturated rings. The van der Waals surface area contributed by atoms with E-state index in [2.05, 4.69) is 26.2 Å². The van der Waals surface area contributed by atoms with Crippen LogP contribution in [0.2, 0.25) is 0 Å². The third-order valence-corrected chi connectivity index (χ3v) is 2.83. The Hall–Kier alpha value is -2.76. The van der Waals surface area contributed by atoms with Crippen molar-refractivity contribution in [2.45, 2.75) is 6.92 Å². The van der Waals surface area contributed by atoms with Crippen LogP contribution < -0.4 is 5.73 Å². The zero-order valence-electron chi connectivity index (χ0n) is 10.4. The van der Waals surface area contributed by atoms with E-state index in [9.17, 15) is 0 Å². The van der Waals surface area contributed by atoms with Crippen molar-refractivity contribution in [3.05, 3.63) is 48.8 Å². The summed E-state index contributed by atoms with van der Waals surface area (Å²) in [6.45, 7) is 2.00. The van der Waals surface area contributed by atoms with Crippen molar-refractivity contribution in [3.8, 4) is 16.9 Å². The van der Waals surface area contributed by atoms with Crippen LogP contribution in [-0.4, -0.2) is 24.7 Å². The number of nitrogens with two attached hydrogens (primary N) is 1. The van der Waals surface area contributed by atoms with Gasteiger partial charge in [0, 0.05) is 23.5 Å². The lowest BCUT2D eigenvalue weighted by atomic mass is 10.1. The minimum Gasteiger partial charge on any atom is -0.384 e. The van der Waals surface area contributed by atoms with Crippen LogP contribution in [0.15, 0.2) is 43.2 Å². The van der Waals surface area contributed by atoms with Gasteiger partial charge in [0.15, 0.2) is 0 Å². The first-order valence-electron chi connectivity index (χ1n) is 5.77. The van der Waals surface area contributed by atoms with Gasteiger partial charge >= 0.3 is 0 Å². The van der Waals surface area contributed by atoms with Crippen LogP contribution >= 0.6 is 0 Å². The van der Waals surface area contributed by atoms with Gasteiger partial charge in [-0.1, -0.05) is 0 Å². The van der Waals surface area contributed by atoms with E-state index >= 15 is 0 Å². The third kappa shape index (κ3) is 2.15. The monoisotopic (exact) mass is 252 g/mol. The van der Waals surface area contributed by atoms with Crippen LogP contribution in [0.25, 0.3) is 16.9 Å². The number of anilines is 1. The molecule has 6 nitrogen and oxygen atoms in total. The summed E-state index contributed by atoms with van der Waals surface area (Å²) in [6, 6.07) is 5.76. The molecule has 3 aromatic heterocycles. The normalized spacial score (nSPS) is 10.6. The number of nitrogens with zero attached hydrogens (tertiary/aromatic N) is 5. The lowest BCUT2D eigenvalue weighted by Gasteiger charge is -2.07. The highest BCUT2D eigenvalue weighted by atomic mass is 15.2. The summed E-state index contributed by atoms with van der Waals surface area (Å²) < 4.78 is 1.78. The van der Waals surface area contributed by atoms with E-state index in [4.69, 9.17) is 5.73 Å². The Morgan fingerprint density at radius 1 is 1.00 bits per heavy atom. The van der Waals surface area contributed by atoms with Crippen LogP contribution in [0, 0.1) is 6.92 Å². The molecule has 0 unspecified atom stereocenters. The SMILES string of the molecule is Cc1cc(-c2ccc(N)nc2)cnc1-n1cnnc1. The van der Waals surface area contributed by atoms with Gasteiger partial charge in [0.1, 0.15) is 24.3 Å². The van der Waals surface area contributed by atoms with Gasteiger partial charge in [-0.15, -0.1) is 10.2 Å². The second-order valence-electron chi connectivity index (χ2n) is 4.21. The number of nitrogen functional groups attached to an aromatic ring is 1. The molecule has 0 aliphatic heterocycles. The molecule has 0 aliphatic rings. The quantitative estimate of drug-likeness (QED) is 0.749. The fourth-order valence-electron chi connectivity index (χ4n) is 1.88. The molecule has 0 bridgehead atoms. The molecule has 0 saturated carbocycles. The fourth-order valence-corrected chi connectivity index (χ4v) is 1.88. The first kappa shape index (κ1) is 11.3. The number of aromatic nitrogens is 5. The Labute approximate surface area is 110 Å². The molecule has 0 aliphatic carbocycles. The molecule has 19 heavy (non-hydrogen) atoms. The summed E-state index contributed by atoms with van der Waals surface area (Å²) >= 11 is 0. The lowest BCUT2D eigenvalue weighted by Crippen LogP contribution is -1.98.